The van der Waals surface area contributed by atoms with Crippen molar-refractivity contribution in [3.63, 3.8) is 0 Å². The van der Waals surface area contributed by atoms with Crippen LogP contribution >= 0.6 is 11.6 Å². The van der Waals surface area contributed by atoms with E-state index in [1.165, 1.54) is 9.80 Å². The highest BCUT2D eigenvalue weighted by Crippen LogP contribution is 2.64. The molecule has 2 heterocycles. The summed E-state index contributed by atoms with van der Waals surface area (Å²) in [7, 11) is 0. The minimum Gasteiger partial charge on any atom is -0.508 e. The molecule has 0 unspecified atom stereocenters. The first-order valence-electron chi connectivity index (χ1n) is 15.9. The lowest BCUT2D eigenvalue weighted by molar-refractivity contribution is -0.141. The van der Waals surface area contributed by atoms with Crippen molar-refractivity contribution in [2.75, 3.05) is 4.90 Å². The Morgan fingerprint density at radius 1 is 0.766 bits per heavy atom. The zero-order valence-corrected chi connectivity index (χ0v) is 26.1. The molecule has 0 bridgehead atoms. The largest absolute Gasteiger partial charge is 0.508 e. The van der Waals surface area contributed by atoms with Crippen LogP contribution in [0.4, 0.5) is 5.69 Å². The summed E-state index contributed by atoms with van der Waals surface area (Å²) < 4.78 is 0. The highest BCUT2D eigenvalue weighted by Gasteiger charge is 2.70. The molecular formula is C39H31ClN2O5. The molecule has 2 aliphatic heterocycles. The van der Waals surface area contributed by atoms with Gasteiger partial charge in [0.15, 0.2) is 0 Å². The average Bonchev–Trinajstić information content (AvgIpc) is 3.46. The van der Waals surface area contributed by atoms with Gasteiger partial charge < -0.3 is 5.11 Å². The Kier molecular flexibility index (Phi) is 6.92. The van der Waals surface area contributed by atoms with E-state index in [2.05, 4.69) is 0 Å². The van der Waals surface area contributed by atoms with Crippen LogP contribution in [0.25, 0.3) is 0 Å². The number of hydrogen-bond donors (Lipinski definition) is 1. The smallest absolute Gasteiger partial charge is 0.246 e. The van der Waals surface area contributed by atoms with Gasteiger partial charge >= 0.3 is 0 Å². The third-order valence-electron chi connectivity index (χ3n) is 10.7. The Hall–Kier alpha value is -5.01. The number of benzene rings is 4. The summed E-state index contributed by atoms with van der Waals surface area (Å²) in [5.74, 6) is -4.18. The topological polar surface area (TPSA) is 95.0 Å². The molecule has 4 aliphatic rings. The highest BCUT2D eigenvalue weighted by molar-refractivity contribution is 6.32. The third kappa shape index (κ3) is 4.33. The number of imide groups is 2. The summed E-state index contributed by atoms with van der Waals surface area (Å²) in [5.41, 5.74) is 2.24. The van der Waals surface area contributed by atoms with Crippen molar-refractivity contribution in [1.82, 2.24) is 4.90 Å². The lowest BCUT2D eigenvalue weighted by Gasteiger charge is -2.50. The Balaban J connectivity index is 1.32. The molecule has 0 spiro atoms. The van der Waals surface area contributed by atoms with Crippen molar-refractivity contribution in [3.8, 4) is 5.75 Å². The number of anilines is 1. The van der Waals surface area contributed by atoms with E-state index in [9.17, 15) is 19.5 Å². The first-order chi connectivity index (χ1) is 22.8. The van der Waals surface area contributed by atoms with Gasteiger partial charge in [-0.1, -0.05) is 102 Å². The zero-order chi connectivity index (χ0) is 32.4. The third-order valence-corrected chi connectivity index (χ3v) is 10.9. The number of halogens is 1. The molecule has 7 nitrogen and oxygen atoms in total. The minimum absolute atomic E-state index is 0.0756. The highest BCUT2D eigenvalue weighted by atomic mass is 35.5. The Morgan fingerprint density at radius 3 is 2.17 bits per heavy atom. The molecule has 8 rings (SSSR count). The van der Waals surface area contributed by atoms with E-state index in [1.54, 1.807) is 48.5 Å². The normalized spacial score (nSPS) is 28.2. The zero-order valence-electron chi connectivity index (χ0n) is 25.3. The summed E-state index contributed by atoms with van der Waals surface area (Å²) in [6, 6.07) is 32.3. The average molecular weight is 643 g/mol. The summed E-state index contributed by atoms with van der Waals surface area (Å²) in [5, 5.41) is 10.7. The summed E-state index contributed by atoms with van der Waals surface area (Å²) in [6.45, 7) is 0.187. The molecule has 1 N–H and O–H groups in total. The molecule has 0 radical (unpaired) electrons. The van der Waals surface area contributed by atoms with Crippen molar-refractivity contribution >= 4 is 40.9 Å². The van der Waals surface area contributed by atoms with Crippen LogP contribution in [0.3, 0.4) is 0 Å². The second-order valence-electron chi connectivity index (χ2n) is 12.9. The Bertz CT molecular complexity index is 1960. The second kappa shape index (κ2) is 11.1. The van der Waals surface area contributed by atoms with E-state index in [-0.39, 0.29) is 42.3 Å². The fourth-order valence-corrected chi connectivity index (χ4v) is 8.96. The van der Waals surface area contributed by atoms with E-state index in [1.807, 2.05) is 66.7 Å². The number of aromatic hydroxyl groups is 1. The molecule has 1 saturated carbocycles. The van der Waals surface area contributed by atoms with E-state index >= 15 is 4.79 Å². The molecule has 8 heteroatoms. The first-order valence-corrected chi connectivity index (χ1v) is 16.3. The molecular weight excluding hydrogens is 612 g/mol. The fraction of sp³-hybridized carbons (Fsp3) is 0.231. The standard InChI is InChI=1S/C39H31ClN2O5/c40-26-12-7-13-27(20-26)42-36(45)32-21-31-29(18-19-30-33(31)37(46)41(35(30)44)22-23-8-3-1-4-9-23)34(24-14-16-28(43)17-15-24)39(32,38(42)47)25-10-5-2-6-11-25/h1-18,20,30-34,43H,19,21-22H2/t30-,31+,32-,33-,34-,39+/m0/s1. The first kappa shape index (κ1) is 29.4. The van der Waals surface area contributed by atoms with Gasteiger partial charge in [0.1, 0.15) is 5.75 Å². The quantitative estimate of drug-likeness (QED) is 0.201. The number of amides is 4. The van der Waals surface area contributed by atoms with Gasteiger partial charge in [0, 0.05) is 10.9 Å². The summed E-state index contributed by atoms with van der Waals surface area (Å²) >= 11 is 6.37. The predicted molar refractivity (Wildman–Crippen MR) is 176 cm³/mol. The number of nitrogens with zero attached hydrogens (tertiary/aromatic N) is 2. The number of hydrogen-bond acceptors (Lipinski definition) is 5. The van der Waals surface area contributed by atoms with Gasteiger partial charge in [-0.05, 0) is 65.8 Å². The monoisotopic (exact) mass is 642 g/mol. The van der Waals surface area contributed by atoms with Gasteiger partial charge in [0.25, 0.3) is 0 Å². The Labute approximate surface area is 277 Å². The van der Waals surface area contributed by atoms with Crippen molar-refractivity contribution in [2.24, 2.45) is 23.7 Å². The summed E-state index contributed by atoms with van der Waals surface area (Å²) in [4.78, 5) is 60.6. The molecule has 3 fully saturated rings. The van der Waals surface area contributed by atoms with Gasteiger partial charge in [-0.2, -0.15) is 0 Å². The number of fused-ring (bicyclic) bond motifs is 4. The van der Waals surface area contributed by atoms with Gasteiger partial charge in [-0.15, -0.1) is 0 Å². The molecule has 6 atom stereocenters. The number of rotatable bonds is 5. The van der Waals surface area contributed by atoms with Crippen molar-refractivity contribution in [3.05, 3.63) is 143 Å². The van der Waals surface area contributed by atoms with E-state index in [4.69, 9.17) is 11.6 Å². The Morgan fingerprint density at radius 2 is 1.47 bits per heavy atom. The van der Waals surface area contributed by atoms with Crippen molar-refractivity contribution in [1.29, 1.82) is 0 Å². The molecule has 0 aromatic heterocycles. The molecule has 47 heavy (non-hydrogen) atoms. The number of allylic oxidation sites excluding steroid dienone is 2. The maximum atomic E-state index is 15.2. The maximum Gasteiger partial charge on any atom is 0.246 e. The van der Waals surface area contributed by atoms with Crippen LogP contribution < -0.4 is 4.90 Å². The lowest BCUT2D eigenvalue weighted by atomic mass is 9.49. The number of likely N-dealkylation sites (tertiary alicyclic amines) is 1. The van der Waals surface area contributed by atoms with Crippen LogP contribution in [0, 0.1) is 23.7 Å². The van der Waals surface area contributed by atoms with E-state index < -0.39 is 35.0 Å². The van der Waals surface area contributed by atoms with Gasteiger partial charge in [-0.3, -0.25) is 24.1 Å². The van der Waals surface area contributed by atoms with Crippen molar-refractivity contribution in [2.45, 2.75) is 30.7 Å². The van der Waals surface area contributed by atoms with Crippen LogP contribution in [0.1, 0.15) is 35.4 Å². The minimum atomic E-state index is -1.35. The van der Waals surface area contributed by atoms with Gasteiger partial charge in [0.05, 0.1) is 35.4 Å². The van der Waals surface area contributed by atoms with E-state index in [0.29, 0.717) is 22.7 Å². The lowest BCUT2D eigenvalue weighted by Crippen LogP contribution is -2.53. The van der Waals surface area contributed by atoms with Crippen LogP contribution in [0.15, 0.2) is 121 Å². The second-order valence-corrected chi connectivity index (χ2v) is 13.4. The van der Waals surface area contributed by atoms with Crippen LogP contribution in [0.5, 0.6) is 5.75 Å². The molecule has 2 aliphatic carbocycles. The van der Waals surface area contributed by atoms with Crippen molar-refractivity contribution < 1.29 is 24.3 Å². The summed E-state index contributed by atoms with van der Waals surface area (Å²) in [6.07, 6.45) is 2.63. The molecule has 4 aromatic rings. The fourth-order valence-electron chi connectivity index (χ4n) is 8.77. The van der Waals surface area contributed by atoms with Crippen LogP contribution in [0.2, 0.25) is 5.02 Å². The van der Waals surface area contributed by atoms with Crippen LogP contribution in [-0.2, 0) is 31.1 Å². The SMILES string of the molecule is O=C1[C@H]2[C@H](CC=C3[C@H]2C[C@H]2C(=O)N(c4cccc(Cl)c4)C(=O)[C@@]2(c2ccccc2)[C@H]3c2ccc(O)cc2)C(=O)N1Cc1ccccc1. The van der Waals surface area contributed by atoms with Gasteiger partial charge in [-0.25, -0.2) is 4.90 Å². The van der Waals surface area contributed by atoms with Crippen LogP contribution in [-0.4, -0.2) is 33.6 Å². The predicted octanol–water partition coefficient (Wildman–Crippen LogP) is 6.41. The number of carbonyl (C=O) groups excluding carboxylic acids is 4. The molecule has 4 aromatic carbocycles. The number of phenolic OH excluding ortho intramolecular Hbond substituents is 1. The van der Waals surface area contributed by atoms with E-state index in [0.717, 1.165) is 16.7 Å². The number of carbonyl (C=O) groups is 4. The maximum absolute atomic E-state index is 15.2. The molecule has 2 saturated heterocycles. The number of phenols is 1. The van der Waals surface area contributed by atoms with Gasteiger partial charge in [0.2, 0.25) is 23.6 Å². The molecule has 4 amide bonds. The molecule has 234 valence electrons.